The second kappa shape index (κ2) is 4.37. The van der Waals surface area contributed by atoms with Crippen molar-refractivity contribution in [3.8, 4) is 0 Å². The fourth-order valence-electron chi connectivity index (χ4n) is 1.95. The van der Waals surface area contributed by atoms with Crippen molar-refractivity contribution in [2.24, 2.45) is 0 Å². The normalized spacial score (nSPS) is 33.5. The van der Waals surface area contributed by atoms with Crippen LogP contribution in [0.3, 0.4) is 0 Å². The van der Waals surface area contributed by atoms with Crippen LogP contribution >= 0.6 is 0 Å². The maximum Gasteiger partial charge on any atom is 0.0888 e. The van der Waals surface area contributed by atoms with Crippen LogP contribution in [-0.4, -0.2) is 68.8 Å². The van der Waals surface area contributed by atoms with Gasteiger partial charge in [0.05, 0.1) is 6.17 Å². The van der Waals surface area contributed by atoms with Gasteiger partial charge in [0.2, 0.25) is 0 Å². The predicted octanol–water partition coefficient (Wildman–Crippen LogP) is -1.23. The van der Waals surface area contributed by atoms with Crippen molar-refractivity contribution in [2.75, 3.05) is 52.9 Å². The molecule has 0 aliphatic carbocycles. The zero-order chi connectivity index (χ0) is 9.10. The average molecular weight is 183 g/mol. The van der Waals surface area contributed by atoms with Gasteiger partial charge in [-0.1, -0.05) is 0 Å². The van der Waals surface area contributed by atoms with Gasteiger partial charge >= 0.3 is 0 Å². The van der Waals surface area contributed by atoms with E-state index < -0.39 is 0 Å². The smallest absolute Gasteiger partial charge is 0.0888 e. The van der Waals surface area contributed by atoms with Gasteiger partial charge in [0, 0.05) is 45.8 Å². The van der Waals surface area contributed by atoms with Crippen molar-refractivity contribution in [3.05, 3.63) is 0 Å². The quantitative estimate of drug-likeness (QED) is 0.552. The molecule has 1 radical (unpaired) electrons. The standard InChI is InChI=1S/C9H19N4/c1-12-4-6-13(7-5-12)9-8-10-2-3-11-9/h9-10H,2-8H2,1H3. The average Bonchev–Trinajstić information content (AvgIpc) is 2.20. The third-order valence-electron chi connectivity index (χ3n) is 2.91. The summed E-state index contributed by atoms with van der Waals surface area (Å²) in [5.41, 5.74) is 0. The summed E-state index contributed by atoms with van der Waals surface area (Å²) in [6.07, 6.45) is 0.447. The lowest BCUT2D eigenvalue weighted by Crippen LogP contribution is -2.58. The number of likely N-dealkylation sites (N-methyl/N-ethyl adjacent to an activating group) is 1. The van der Waals surface area contributed by atoms with Crippen molar-refractivity contribution in [3.63, 3.8) is 0 Å². The first-order valence-electron chi connectivity index (χ1n) is 5.16. The lowest BCUT2D eigenvalue weighted by Gasteiger charge is -2.39. The third kappa shape index (κ3) is 2.40. The van der Waals surface area contributed by atoms with Gasteiger partial charge in [-0.3, -0.25) is 4.90 Å². The van der Waals surface area contributed by atoms with Gasteiger partial charge in [-0.25, -0.2) is 5.32 Å². The maximum absolute atomic E-state index is 4.62. The van der Waals surface area contributed by atoms with Gasteiger partial charge in [-0.2, -0.15) is 0 Å². The van der Waals surface area contributed by atoms with Crippen LogP contribution in [0, 0.1) is 0 Å². The maximum atomic E-state index is 4.62. The molecule has 1 unspecified atom stereocenters. The van der Waals surface area contributed by atoms with E-state index in [2.05, 4.69) is 27.5 Å². The highest BCUT2D eigenvalue weighted by Crippen LogP contribution is 2.04. The van der Waals surface area contributed by atoms with Crippen LogP contribution in [0.4, 0.5) is 0 Å². The molecule has 2 fully saturated rings. The van der Waals surface area contributed by atoms with E-state index in [1.165, 1.54) is 26.2 Å². The Morgan fingerprint density at radius 2 is 2.00 bits per heavy atom. The van der Waals surface area contributed by atoms with E-state index in [4.69, 9.17) is 0 Å². The first-order valence-corrected chi connectivity index (χ1v) is 5.16. The SMILES string of the molecule is CN1CCN(C2CNCC[N]2)CC1. The molecule has 4 heteroatoms. The van der Waals surface area contributed by atoms with Gasteiger partial charge in [0.25, 0.3) is 0 Å². The van der Waals surface area contributed by atoms with Crippen LogP contribution in [-0.2, 0) is 0 Å². The van der Waals surface area contributed by atoms with Crippen LogP contribution in [0.25, 0.3) is 0 Å². The van der Waals surface area contributed by atoms with Crippen LogP contribution in [0.15, 0.2) is 0 Å². The van der Waals surface area contributed by atoms with Crippen LogP contribution < -0.4 is 10.6 Å². The van der Waals surface area contributed by atoms with E-state index in [1.807, 2.05) is 0 Å². The number of nitrogens with one attached hydrogen (secondary N) is 1. The molecule has 0 aromatic carbocycles. The molecule has 1 atom stereocenters. The molecule has 0 amide bonds. The van der Waals surface area contributed by atoms with E-state index in [-0.39, 0.29) is 0 Å². The van der Waals surface area contributed by atoms with Gasteiger partial charge in [-0.05, 0) is 7.05 Å². The molecule has 2 heterocycles. The van der Waals surface area contributed by atoms with Crippen LogP contribution in [0.2, 0.25) is 0 Å². The molecule has 0 aromatic heterocycles. The van der Waals surface area contributed by atoms with E-state index in [0.717, 1.165) is 19.6 Å². The van der Waals surface area contributed by atoms with Gasteiger partial charge in [0.1, 0.15) is 0 Å². The van der Waals surface area contributed by atoms with Crippen molar-refractivity contribution in [1.29, 1.82) is 0 Å². The molecule has 0 bridgehead atoms. The summed E-state index contributed by atoms with van der Waals surface area (Å²) in [4.78, 5) is 4.87. The Morgan fingerprint density at radius 3 is 2.62 bits per heavy atom. The second-order valence-corrected chi connectivity index (χ2v) is 3.93. The summed E-state index contributed by atoms with van der Waals surface area (Å²) in [6, 6.07) is 0. The molecule has 0 saturated carbocycles. The zero-order valence-electron chi connectivity index (χ0n) is 8.37. The number of hydrogen-bond donors (Lipinski definition) is 1. The summed E-state index contributed by atoms with van der Waals surface area (Å²) in [5.74, 6) is 0. The molecule has 1 N–H and O–H groups in total. The first kappa shape index (κ1) is 9.40. The lowest BCUT2D eigenvalue weighted by molar-refractivity contribution is 0.0837. The molecule has 0 spiro atoms. The predicted molar refractivity (Wildman–Crippen MR) is 52.7 cm³/mol. The van der Waals surface area contributed by atoms with Crippen LogP contribution in [0.5, 0.6) is 0 Å². The summed E-state index contributed by atoms with van der Waals surface area (Å²) >= 11 is 0. The number of hydrogen-bond acceptors (Lipinski definition) is 3. The fraction of sp³-hybridized carbons (Fsp3) is 1.00. The number of piperazine rings is 2. The molecular weight excluding hydrogens is 164 g/mol. The third-order valence-corrected chi connectivity index (χ3v) is 2.91. The minimum Gasteiger partial charge on any atom is -0.312 e. The van der Waals surface area contributed by atoms with Gasteiger partial charge in [0.15, 0.2) is 0 Å². The molecule has 2 aliphatic rings. The number of nitrogens with zero attached hydrogens (tertiary/aromatic N) is 3. The summed E-state index contributed by atoms with van der Waals surface area (Å²) in [5, 5.41) is 8.02. The molecule has 4 nitrogen and oxygen atoms in total. The summed E-state index contributed by atoms with van der Waals surface area (Å²) in [7, 11) is 2.19. The van der Waals surface area contributed by atoms with Crippen molar-refractivity contribution >= 4 is 0 Å². The van der Waals surface area contributed by atoms with E-state index in [9.17, 15) is 0 Å². The number of rotatable bonds is 1. The Morgan fingerprint density at radius 1 is 1.23 bits per heavy atom. The van der Waals surface area contributed by atoms with E-state index in [0.29, 0.717) is 6.17 Å². The van der Waals surface area contributed by atoms with Gasteiger partial charge in [-0.15, -0.1) is 0 Å². The lowest BCUT2D eigenvalue weighted by atomic mass is 10.2. The van der Waals surface area contributed by atoms with E-state index in [1.54, 1.807) is 0 Å². The second-order valence-electron chi connectivity index (χ2n) is 3.93. The van der Waals surface area contributed by atoms with Gasteiger partial charge < -0.3 is 10.2 Å². The highest BCUT2D eigenvalue weighted by Gasteiger charge is 2.23. The Hall–Kier alpha value is -0.160. The van der Waals surface area contributed by atoms with Crippen molar-refractivity contribution in [2.45, 2.75) is 6.17 Å². The minimum atomic E-state index is 0.447. The summed E-state index contributed by atoms with van der Waals surface area (Å²) in [6.45, 7) is 7.81. The Bertz CT molecular complexity index is 148. The Kier molecular flexibility index (Phi) is 3.16. The van der Waals surface area contributed by atoms with Crippen molar-refractivity contribution < 1.29 is 0 Å². The largest absolute Gasteiger partial charge is 0.312 e. The molecule has 0 aromatic rings. The Labute approximate surface area is 80.3 Å². The van der Waals surface area contributed by atoms with E-state index >= 15 is 0 Å². The minimum absolute atomic E-state index is 0.447. The molecule has 13 heavy (non-hydrogen) atoms. The van der Waals surface area contributed by atoms with Crippen LogP contribution in [0.1, 0.15) is 0 Å². The molecular formula is C9H19N4. The molecule has 75 valence electrons. The zero-order valence-corrected chi connectivity index (χ0v) is 8.37. The first-order chi connectivity index (χ1) is 6.36. The molecule has 2 saturated heterocycles. The Balaban J connectivity index is 1.79. The van der Waals surface area contributed by atoms with Crippen molar-refractivity contribution in [1.82, 2.24) is 20.4 Å². The fourth-order valence-corrected chi connectivity index (χ4v) is 1.95. The topological polar surface area (TPSA) is 32.6 Å². The highest BCUT2D eigenvalue weighted by atomic mass is 15.3. The molecule has 2 aliphatic heterocycles. The highest BCUT2D eigenvalue weighted by molar-refractivity contribution is 4.80. The molecule has 2 rings (SSSR count). The summed E-state index contributed by atoms with van der Waals surface area (Å²) < 4.78 is 0. The monoisotopic (exact) mass is 183 g/mol.